The average Bonchev–Trinajstić information content (AvgIpc) is 2.84. The summed E-state index contributed by atoms with van der Waals surface area (Å²) in [5.41, 5.74) is 1.62. The highest BCUT2D eigenvalue weighted by molar-refractivity contribution is 5.83. The Morgan fingerprint density at radius 2 is 1.60 bits per heavy atom. The number of ether oxygens (including phenoxy) is 1. The second kappa shape index (κ2) is 11.4. The van der Waals surface area contributed by atoms with Gasteiger partial charge in [0.25, 0.3) is 0 Å². The van der Waals surface area contributed by atoms with Gasteiger partial charge in [-0.05, 0) is 56.4 Å². The first-order chi connectivity index (χ1) is 16.5. The number of piperazine rings is 1. The Labute approximate surface area is 209 Å². The summed E-state index contributed by atoms with van der Waals surface area (Å²) < 4.78 is 5.62. The number of anilines is 1. The van der Waals surface area contributed by atoms with Gasteiger partial charge >= 0.3 is 11.9 Å². The summed E-state index contributed by atoms with van der Waals surface area (Å²) in [4.78, 5) is 31.7. The van der Waals surface area contributed by atoms with Crippen LogP contribution in [0.3, 0.4) is 0 Å². The SMILES string of the molecule is CC(C(=O)OC(C)C(C)(C)C)C(C(=O)O)N1CCC(N2CCN(c3ccc(C#N)cc3)CC2)CC1. The Balaban J connectivity index is 1.51. The first kappa shape index (κ1) is 27.0. The number of carboxylic acid groups (broad SMARTS) is 1. The minimum absolute atomic E-state index is 0.198. The van der Waals surface area contributed by atoms with E-state index in [-0.39, 0.29) is 11.5 Å². The standard InChI is InChI=1S/C27H40N4O4/c1-19(26(34)35-20(2)27(3,4)5)24(25(32)33)31-12-10-23(11-13-31)30-16-14-29(15-17-30)22-8-6-21(18-28)7-9-22/h6-9,19-20,23-24H,10-17H2,1-5H3,(H,32,33). The average molecular weight is 485 g/mol. The van der Waals surface area contributed by atoms with E-state index < -0.39 is 23.9 Å². The van der Waals surface area contributed by atoms with Gasteiger partial charge in [-0.25, -0.2) is 0 Å². The van der Waals surface area contributed by atoms with Crippen molar-refractivity contribution in [2.75, 3.05) is 44.2 Å². The molecule has 1 aromatic rings. The minimum atomic E-state index is -0.965. The molecule has 2 fully saturated rings. The Hall–Kier alpha value is -2.63. The molecule has 3 atom stereocenters. The molecule has 8 heteroatoms. The van der Waals surface area contributed by atoms with Crippen molar-refractivity contribution in [3.63, 3.8) is 0 Å². The van der Waals surface area contributed by atoms with E-state index >= 15 is 0 Å². The predicted octanol–water partition coefficient (Wildman–Crippen LogP) is 3.21. The fourth-order valence-corrected chi connectivity index (χ4v) is 4.89. The molecule has 0 saturated carbocycles. The second-order valence-corrected chi connectivity index (χ2v) is 11.0. The number of rotatable bonds is 7. The van der Waals surface area contributed by atoms with Crippen molar-refractivity contribution in [3.05, 3.63) is 29.8 Å². The van der Waals surface area contributed by atoms with Gasteiger partial charge in [0, 0.05) is 51.0 Å². The smallest absolute Gasteiger partial charge is 0.321 e. The molecule has 1 aromatic carbocycles. The quantitative estimate of drug-likeness (QED) is 0.590. The van der Waals surface area contributed by atoms with Gasteiger partial charge in [-0.15, -0.1) is 0 Å². The number of carbonyl (C=O) groups excluding carboxylic acids is 1. The lowest BCUT2D eigenvalue weighted by atomic mass is 9.90. The van der Waals surface area contributed by atoms with E-state index in [2.05, 4.69) is 15.9 Å². The van der Waals surface area contributed by atoms with Gasteiger partial charge in [0.1, 0.15) is 12.1 Å². The first-order valence-electron chi connectivity index (χ1n) is 12.7. The van der Waals surface area contributed by atoms with Gasteiger partial charge in [0.2, 0.25) is 0 Å². The van der Waals surface area contributed by atoms with Crippen molar-refractivity contribution >= 4 is 17.6 Å². The van der Waals surface area contributed by atoms with Gasteiger partial charge in [0.05, 0.1) is 17.6 Å². The summed E-state index contributed by atoms with van der Waals surface area (Å²) in [5.74, 6) is -2.14. The van der Waals surface area contributed by atoms with Crippen LogP contribution in [0.5, 0.6) is 0 Å². The van der Waals surface area contributed by atoms with Crippen molar-refractivity contribution in [1.82, 2.24) is 9.80 Å². The molecule has 0 aromatic heterocycles. The van der Waals surface area contributed by atoms with Crippen molar-refractivity contribution in [3.8, 4) is 6.07 Å². The highest BCUT2D eigenvalue weighted by Gasteiger charge is 2.40. The number of benzene rings is 1. The molecule has 3 rings (SSSR count). The lowest BCUT2D eigenvalue weighted by Gasteiger charge is -2.44. The van der Waals surface area contributed by atoms with Crippen molar-refractivity contribution in [2.45, 2.75) is 65.6 Å². The van der Waals surface area contributed by atoms with Gasteiger partial charge in [-0.1, -0.05) is 20.8 Å². The Kier molecular flexibility index (Phi) is 8.79. The third-order valence-electron chi connectivity index (χ3n) is 7.70. The molecule has 192 valence electrons. The van der Waals surface area contributed by atoms with Crippen LogP contribution in [0.25, 0.3) is 0 Å². The topological polar surface area (TPSA) is 97.1 Å². The maximum absolute atomic E-state index is 12.7. The third kappa shape index (κ3) is 6.74. The van der Waals surface area contributed by atoms with Crippen LogP contribution in [0.2, 0.25) is 0 Å². The Morgan fingerprint density at radius 1 is 1.03 bits per heavy atom. The molecule has 0 spiro atoms. The molecule has 3 unspecified atom stereocenters. The highest BCUT2D eigenvalue weighted by Crippen LogP contribution is 2.27. The van der Waals surface area contributed by atoms with Gasteiger partial charge in [0.15, 0.2) is 0 Å². The molecule has 0 radical (unpaired) electrons. The number of esters is 1. The lowest BCUT2D eigenvalue weighted by molar-refractivity contribution is -0.166. The molecule has 0 aliphatic carbocycles. The molecule has 2 aliphatic rings. The van der Waals surface area contributed by atoms with Crippen LogP contribution >= 0.6 is 0 Å². The van der Waals surface area contributed by atoms with Crippen LogP contribution in [0, 0.1) is 22.7 Å². The fourth-order valence-electron chi connectivity index (χ4n) is 4.89. The molecule has 1 N–H and O–H groups in total. The maximum atomic E-state index is 12.7. The van der Waals surface area contributed by atoms with Gasteiger partial charge in [-0.3, -0.25) is 19.4 Å². The van der Waals surface area contributed by atoms with Crippen LogP contribution in [-0.4, -0.2) is 84.3 Å². The summed E-state index contributed by atoms with van der Waals surface area (Å²) in [6, 6.07) is 9.44. The van der Waals surface area contributed by atoms with Crippen LogP contribution in [-0.2, 0) is 14.3 Å². The number of carbonyl (C=O) groups is 2. The Bertz CT molecular complexity index is 905. The molecular weight excluding hydrogens is 444 g/mol. The minimum Gasteiger partial charge on any atom is -0.480 e. The van der Waals surface area contributed by atoms with Crippen LogP contribution in [0.4, 0.5) is 5.69 Å². The second-order valence-electron chi connectivity index (χ2n) is 11.0. The van der Waals surface area contributed by atoms with E-state index in [1.54, 1.807) is 6.92 Å². The van der Waals surface area contributed by atoms with Gasteiger partial charge in [-0.2, -0.15) is 5.26 Å². The summed E-state index contributed by atoms with van der Waals surface area (Å²) in [6.07, 6.45) is 1.49. The monoisotopic (exact) mass is 484 g/mol. The zero-order valence-corrected chi connectivity index (χ0v) is 21.7. The van der Waals surface area contributed by atoms with E-state index in [4.69, 9.17) is 10.00 Å². The van der Waals surface area contributed by atoms with Crippen molar-refractivity contribution in [2.24, 2.45) is 11.3 Å². The number of piperidine rings is 1. The molecule has 0 bridgehead atoms. The summed E-state index contributed by atoms with van der Waals surface area (Å²) in [6.45, 7) is 14.6. The lowest BCUT2D eigenvalue weighted by Crippen LogP contribution is -2.56. The number of nitriles is 1. The number of hydrogen-bond acceptors (Lipinski definition) is 7. The summed E-state index contributed by atoms with van der Waals surface area (Å²) in [7, 11) is 0. The van der Waals surface area contributed by atoms with Crippen LogP contribution < -0.4 is 4.90 Å². The third-order valence-corrected chi connectivity index (χ3v) is 7.70. The molecule has 8 nitrogen and oxygen atoms in total. The molecule has 0 amide bonds. The van der Waals surface area contributed by atoms with Crippen molar-refractivity contribution in [1.29, 1.82) is 5.26 Å². The number of likely N-dealkylation sites (tertiary alicyclic amines) is 1. The number of nitrogens with zero attached hydrogens (tertiary/aromatic N) is 4. The highest BCUT2D eigenvalue weighted by atomic mass is 16.5. The first-order valence-corrected chi connectivity index (χ1v) is 12.7. The van der Waals surface area contributed by atoms with Crippen LogP contribution in [0.15, 0.2) is 24.3 Å². The molecular formula is C27H40N4O4. The molecule has 2 saturated heterocycles. The van der Waals surface area contributed by atoms with Crippen LogP contribution in [0.1, 0.15) is 53.0 Å². The van der Waals surface area contributed by atoms with E-state index in [0.717, 1.165) is 44.7 Å². The fraction of sp³-hybridized carbons (Fsp3) is 0.667. The largest absolute Gasteiger partial charge is 0.480 e. The molecule has 35 heavy (non-hydrogen) atoms. The normalized spacial score (nSPS) is 21.1. The van der Waals surface area contributed by atoms with E-state index in [0.29, 0.717) is 24.7 Å². The number of hydrogen-bond donors (Lipinski definition) is 1. The molecule has 2 heterocycles. The number of carboxylic acids is 1. The van der Waals surface area contributed by atoms with E-state index in [1.165, 1.54) is 0 Å². The van der Waals surface area contributed by atoms with Crippen molar-refractivity contribution < 1.29 is 19.4 Å². The van der Waals surface area contributed by atoms with Gasteiger partial charge < -0.3 is 14.7 Å². The summed E-state index contributed by atoms with van der Waals surface area (Å²) >= 11 is 0. The van der Waals surface area contributed by atoms with E-state index in [1.807, 2.05) is 56.9 Å². The zero-order chi connectivity index (χ0) is 25.8. The Morgan fingerprint density at radius 3 is 2.09 bits per heavy atom. The molecule has 2 aliphatic heterocycles. The zero-order valence-electron chi connectivity index (χ0n) is 21.7. The maximum Gasteiger partial charge on any atom is 0.321 e. The predicted molar refractivity (Wildman–Crippen MR) is 135 cm³/mol. The van der Waals surface area contributed by atoms with E-state index in [9.17, 15) is 14.7 Å². The summed E-state index contributed by atoms with van der Waals surface area (Å²) in [5, 5.41) is 18.9. The number of aliphatic carboxylic acids is 1.